The van der Waals surface area contributed by atoms with Crippen LogP contribution >= 0.6 is 0 Å². The van der Waals surface area contributed by atoms with E-state index in [4.69, 9.17) is 0 Å². The van der Waals surface area contributed by atoms with E-state index >= 15 is 0 Å². The average Bonchev–Trinajstić information content (AvgIpc) is 2.86. The highest BCUT2D eigenvalue weighted by molar-refractivity contribution is 5.99. The van der Waals surface area contributed by atoms with Gasteiger partial charge in [0.05, 0.1) is 0 Å². The zero-order valence-electron chi connectivity index (χ0n) is 9.86. The number of carbonyl (C=O) groups is 2. The Labute approximate surface area is 104 Å². The molecule has 0 aliphatic carbocycles. The van der Waals surface area contributed by atoms with Crippen LogP contribution in [-0.4, -0.2) is 16.8 Å². The van der Waals surface area contributed by atoms with Gasteiger partial charge in [-0.05, 0) is 11.6 Å². The quantitative estimate of drug-likeness (QED) is 0.699. The summed E-state index contributed by atoms with van der Waals surface area (Å²) < 4.78 is 0. The maximum Gasteiger partial charge on any atom is 0.286 e. The SMILES string of the molecule is CC(=O)NNC(=O)c1[nH]ccc1-c1ccccc1. The van der Waals surface area contributed by atoms with Crippen LogP contribution in [0.4, 0.5) is 0 Å². The van der Waals surface area contributed by atoms with Crippen LogP contribution in [-0.2, 0) is 4.79 Å². The second-order valence-electron chi connectivity index (χ2n) is 3.77. The van der Waals surface area contributed by atoms with E-state index in [1.807, 2.05) is 36.4 Å². The first-order valence-corrected chi connectivity index (χ1v) is 5.48. The molecule has 5 nitrogen and oxygen atoms in total. The van der Waals surface area contributed by atoms with Crippen molar-refractivity contribution in [1.29, 1.82) is 0 Å². The van der Waals surface area contributed by atoms with Gasteiger partial charge in [0, 0.05) is 18.7 Å². The molecule has 0 saturated heterocycles. The topological polar surface area (TPSA) is 74.0 Å². The number of aromatic nitrogens is 1. The highest BCUT2D eigenvalue weighted by Crippen LogP contribution is 2.22. The van der Waals surface area contributed by atoms with Crippen molar-refractivity contribution in [2.45, 2.75) is 6.92 Å². The Kier molecular flexibility index (Phi) is 3.43. The molecule has 5 heteroatoms. The lowest BCUT2D eigenvalue weighted by Crippen LogP contribution is -2.40. The Balaban J connectivity index is 2.23. The molecule has 0 spiro atoms. The Morgan fingerprint density at radius 1 is 1.06 bits per heavy atom. The fourth-order valence-electron chi connectivity index (χ4n) is 1.62. The molecule has 2 amide bonds. The van der Waals surface area contributed by atoms with E-state index in [1.54, 1.807) is 6.20 Å². The van der Waals surface area contributed by atoms with Crippen LogP contribution in [0.25, 0.3) is 11.1 Å². The minimum Gasteiger partial charge on any atom is -0.357 e. The van der Waals surface area contributed by atoms with Crippen molar-refractivity contribution < 1.29 is 9.59 Å². The Morgan fingerprint density at radius 2 is 1.78 bits per heavy atom. The summed E-state index contributed by atoms with van der Waals surface area (Å²) >= 11 is 0. The van der Waals surface area contributed by atoms with Gasteiger partial charge in [0.25, 0.3) is 5.91 Å². The van der Waals surface area contributed by atoms with Crippen LogP contribution in [0.15, 0.2) is 42.6 Å². The van der Waals surface area contributed by atoms with Crippen molar-refractivity contribution in [2.75, 3.05) is 0 Å². The number of hydrazine groups is 1. The van der Waals surface area contributed by atoms with Crippen molar-refractivity contribution >= 4 is 11.8 Å². The zero-order chi connectivity index (χ0) is 13.0. The standard InChI is InChI=1S/C13H13N3O2/c1-9(17)15-16-13(18)12-11(7-8-14-12)10-5-3-2-4-6-10/h2-8,14H,1H3,(H,15,17)(H,16,18). The van der Waals surface area contributed by atoms with Crippen molar-refractivity contribution in [1.82, 2.24) is 15.8 Å². The number of rotatable bonds is 2. The predicted octanol–water partition coefficient (Wildman–Crippen LogP) is 1.46. The van der Waals surface area contributed by atoms with E-state index in [0.29, 0.717) is 5.69 Å². The molecule has 0 fully saturated rings. The van der Waals surface area contributed by atoms with Gasteiger partial charge in [-0.1, -0.05) is 30.3 Å². The summed E-state index contributed by atoms with van der Waals surface area (Å²) in [5.74, 6) is -0.703. The first-order valence-electron chi connectivity index (χ1n) is 5.48. The molecule has 3 N–H and O–H groups in total. The lowest BCUT2D eigenvalue weighted by atomic mass is 10.1. The molecule has 0 aliphatic heterocycles. The second kappa shape index (κ2) is 5.18. The van der Waals surface area contributed by atoms with E-state index in [1.165, 1.54) is 6.92 Å². The number of hydrogen-bond donors (Lipinski definition) is 3. The molecular formula is C13H13N3O2. The van der Waals surface area contributed by atoms with Gasteiger partial charge in [-0.2, -0.15) is 0 Å². The molecule has 1 heterocycles. The Morgan fingerprint density at radius 3 is 2.44 bits per heavy atom. The van der Waals surface area contributed by atoms with Crippen molar-refractivity contribution in [3.63, 3.8) is 0 Å². The number of carbonyl (C=O) groups excluding carboxylic acids is 2. The molecular weight excluding hydrogens is 230 g/mol. The molecule has 92 valence electrons. The number of benzene rings is 1. The first kappa shape index (κ1) is 11.9. The van der Waals surface area contributed by atoms with Gasteiger partial charge < -0.3 is 4.98 Å². The normalized spacial score (nSPS) is 9.83. The average molecular weight is 243 g/mol. The van der Waals surface area contributed by atoms with Crippen molar-refractivity contribution in [3.05, 3.63) is 48.3 Å². The summed E-state index contributed by atoms with van der Waals surface area (Å²) in [6, 6.07) is 11.4. The first-order chi connectivity index (χ1) is 8.68. The molecule has 2 aromatic rings. The van der Waals surface area contributed by atoms with Crippen LogP contribution in [0.3, 0.4) is 0 Å². The van der Waals surface area contributed by atoms with Gasteiger partial charge in [0.1, 0.15) is 5.69 Å². The van der Waals surface area contributed by atoms with Crippen LogP contribution in [0.1, 0.15) is 17.4 Å². The van der Waals surface area contributed by atoms with Crippen LogP contribution < -0.4 is 10.9 Å². The van der Waals surface area contributed by atoms with Crippen LogP contribution in [0.2, 0.25) is 0 Å². The molecule has 18 heavy (non-hydrogen) atoms. The predicted molar refractivity (Wildman–Crippen MR) is 67.5 cm³/mol. The third-order valence-electron chi connectivity index (χ3n) is 2.41. The summed E-state index contributed by atoms with van der Waals surface area (Å²) in [6.45, 7) is 1.33. The molecule has 1 aromatic carbocycles. The highest BCUT2D eigenvalue weighted by atomic mass is 16.2. The Bertz CT molecular complexity index is 561. The minimum absolute atomic E-state index is 0.323. The van der Waals surface area contributed by atoms with E-state index in [-0.39, 0.29) is 11.8 Å². The molecule has 0 unspecified atom stereocenters. The van der Waals surface area contributed by atoms with Gasteiger partial charge in [-0.15, -0.1) is 0 Å². The van der Waals surface area contributed by atoms with Crippen molar-refractivity contribution in [2.24, 2.45) is 0 Å². The molecule has 0 atom stereocenters. The van der Waals surface area contributed by atoms with Gasteiger partial charge in [-0.3, -0.25) is 20.4 Å². The molecule has 0 radical (unpaired) electrons. The zero-order valence-corrected chi connectivity index (χ0v) is 9.86. The summed E-state index contributed by atoms with van der Waals surface area (Å²) in [6.07, 6.45) is 1.69. The summed E-state index contributed by atoms with van der Waals surface area (Å²) in [5, 5.41) is 0. The number of aromatic amines is 1. The third kappa shape index (κ3) is 2.57. The highest BCUT2D eigenvalue weighted by Gasteiger charge is 2.13. The summed E-state index contributed by atoms with van der Waals surface area (Å²) in [7, 11) is 0. The number of hydrogen-bond acceptors (Lipinski definition) is 2. The largest absolute Gasteiger partial charge is 0.357 e. The van der Waals surface area contributed by atoms with E-state index in [0.717, 1.165) is 11.1 Å². The van der Waals surface area contributed by atoms with E-state index in [9.17, 15) is 9.59 Å². The van der Waals surface area contributed by atoms with Gasteiger partial charge in [-0.25, -0.2) is 0 Å². The lowest BCUT2D eigenvalue weighted by molar-refractivity contribution is -0.119. The molecule has 0 bridgehead atoms. The number of H-pyrrole nitrogens is 1. The summed E-state index contributed by atoms with van der Waals surface area (Å²) in [5.41, 5.74) is 6.72. The molecule has 0 aliphatic rings. The third-order valence-corrected chi connectivity index (χ3v) is 2.41. The number of nitrogens with one attached hydrogen (secondary N) is 3. The number of amides is 2. The summed E-state index contributed by atoms with van der Waals surface area (Å²) in [4.78, 5) is 25.4. The molecule has 2 rings (SSSR count). The van der Waals surface area contributed by atoms with Crippen LogP contribution in [0, 0.1) is 0 Å². The second-order valence-corrected chi connectivity index (χ2v) is 3.77. The van der Waals surface area contributed by atoms with Gasteiger partial charge >= 0.3 is 0 Å². The monoisotopic (exact) mass is 243 g/mol. The van der Waals surface area contributed by atoms with E-state index in [2.05, 4.69) is 15.8 Å². The Hall–Kier alpha value is -2.56. The lowest BCUT2D eigenvalue weighted by Gasteiger charge is -2.06. The van der Waals surface area contributed by atoms with E-state index < -0.39 is 0 Å². The van der Waals surface area contributed by atoms with Gasteiger partial charge in [0.2, 0.25) is 5.91 Å². The molecule has 1 aromatic heterocycles. The minimum atomic E-state index is -0.381. The smallest absolute Gasteiger partial charge is 0.286 e. The van der Waals surface area contributed by atoms with Crippen LogP contribution in [0.5, 0.6) is 0 Å². The molecule has 0 saturated carbocycles. The maximum absolute atomic E-state index is 11.8. The van der Waals surface area contributed by atoms with Crippen molar-refractivity contribution in [3.8, 4) is 11.1 Å². The fraction of sp³-hybridized carbons (Fsp3) is 0.0769. The maximum atomic E-state index is 11.8. The fourth-order valence-corrected chi connectivity index (χ4v) is 1.62. The van der Waals surface area contributed by atoms with Gasteiger partial charge in [0.15, 0.2) is 0 Å².